The summed E-state index contributed by atoms with van der Waals surface area (Å²) in [6, 6.07) is 16.1. The monoisotopic (exact) mass is 366 g/mol. The number of anilines is 1. The molecule has 0 radical (unpaired) electrons. The molecule has 1 fully saturated rings. The van der Waals surface area contributed by atoms with Crippen LogP contribution in [0.5, 0.6) is 0 Å². The summed E-state index contributed by atoms with van der Waals surface area (Å²) in [4.78, 5) is 28.4. The number of hydrogen-bond acceptors (Lipinski definition) is 4. The van der Waals surface area contributed by atoms with Crippen molar-refractivity contribution < 1.29 is 14.3 Å². The molecule has 27 heavy (non-hydrogen) atoms. The summed E-state index contributed by atoms with van der Waals surface area (Å²) in [5.74, 6) is -0.495. The van der Waals surface area contributed by atoms with Gasteiger partial charge in [-0.25, -0.2) is 0 Å². The number of nitrogens with zero attached hydrogens (tertiary/aromatic N) is 2. The third-order valence-electron chi connectivity index (χ3n) is 5.03. The molecule has 142 valence electrons. The number of ether oxygens (including phenoxy) is 1. The second kappa shape index (κ2) is 8.71. The first kappa shape index (κ1) is 19.0. The number of benzene rings is 2. The van der Waals surface area contributed by atoms with E-state index < -0.39 is 0 Å². The highest BCUT2D eigenvalue weighted by atomic mass is 16.5. The summed E-state index contributed by atoms with van der Waals surface area (Å²) in [5, 5.41) is 0. The summed E-state index contributed by atoms with van der Waals surface area (Å²) in [6.07, 6.45) is 0.191. The predicted molar refractivity (Wildman–Crippen MR) is 106 cm³/mol. The van der Waals surface area contributed by atoms with Crippen molar-refractivity contribution in [3.8, 4) is 0 Å². The van der Waals surface area contributed by atoms with E-state index >= 15 is 0 Å². The van der Waals surface area contributed by atoms with Gasteiger partial charge in [0, 0.05) is 31.9 Å². The van der Waals surface area contributed by atoms with Gasteiger partial charge in [0.2, 0.25) is 0 Å². The van der Waals surface area contributed by atoms with Gasteiger partial charge in [0.1, 0.15) is 0 Å². The van der Waals surface area contributed by atoms with E-state index in [1.54, 1.807) is 4.90 Å². The molecular weight excluding hydrogens is 340 g/mol. The quantitative estimate of drug-likeness (QED) is 0.764. The fraction of sp³-hybridized carbons (Fsp3) is 0.364. The second-order valence-corrected chi connectivity index (χ2v) is 6.96. The smallest absolute Gasteiger partial charge is 0.310 e. The van der Waals surface area contributed by atoms with Crippen LogP contribution in [-0.4, -0.2) is 49.6 Å². The molecule has 5 nitrogen and oxygen atoms in total. The third-order valence-corrected chi connectivity index (χ3v) is 5.03. The normalized spacial score (nSPS) is 14.1. The van der Waals surface area contributed by atoms with Crippen LogP contribution < -0.4 is 4.90 Å². The summed E-state index contributed by atoms with van der Waals surface area (Å²) in [5.41, 5.74) is 4.42. The maximum atomic E-state index is 12.3. The minimum Gasteiger partial charge on any atom is -0.455 e. The largest absolute Gasteiger partial charge is 0.455 e. The van der Waals surface area contributed by atoms with Crippen LogP contribution in [0.1, 0.15) is 16.7 Å². The number of aryl methyl sites for hydroxylation is 2. The van der Waals surface area contributed by atoms with Crippen molar-refractivity contribution in [3.05, 3.63) is 65.2 Å². The molecule has 3 rings (SSSR count). The molecule has 0 aliphatic carbocycles. The van der Waals surface area contributed by atoms with Gasteiger partial charge in [0.25, 0.3) is 5.91 Å². The molecule has 0 atom stereocenters. The Morgan fingerprint density at radius 3 is 2.30 bits per heavy atom. The SMILES string of the molecule is Cc1ccc(CC(=O)OCC(=O)N2CCN(c3ccccc3)CC2)cc1C. The van der Waals surface area contributed by atoms with Gasteiger partial charge in [-0.05, 0) is 42.7 Å². The van der Waals surface area contributed by atoms with Crippen LogP contribution in [-0.2, 0) is 20.7 Å². The second-order valence-electron chi connectivity index (χ2n) is 6.96. The molecule has 1 amide bonds. The lowest BCUT2D eigenvalue weighted by Crippen LogP contribution is -2.49. The predicted octanol–water partition coefficient (Wildman–Crippen LogP) is 2.74. The Balaban J connectivity index is 1.43. The van der Waals surface area contributed by atoms with Crippen molar-refractivity contribution in [2.45, 2.75) is 20.3 Å². The van der Waals surface area contributed by atoms with E-state index in [-0.39, 0.29) is 24.9 Å². The Hall–Kier alpha value is -2.82. The number of esters is 1. The highest BCUT2D eigenvalue weighted by Crippen LogP contribution is 2.15. The number of carbonyl (C=O) groups excluding carboxylic acids is 2. The van der Waals surface area contributed by atoms with E-state index in [1.807, 2.05) is 50.2 Å². The van der Waals surface area contributed by atoms with E-state index in [9.17, 15) is 9.59 Å². The van der Waals surface area contributed by atoms with E-state index in [0.717, 1.165) is 24.2 Å². The minimum absolute atomic E-state index is 0.129. The number of rotatable bonds is 5. The van der Waals surface area contributed by atoms with Gasteiger partial charge in [0.05, 0.1) is 6.42 Å². The molecule has 1 heterocycles. The van der Waals surface area contributed by atoms with Gasteiger partial charge in [-0.1, -0.05) is 36.4 Å². The van der Waals surface area contributed by atoms with Crippen LogP contribution >= 0.6 is 0 Å². The van der Waals surface area contributed by atoms with Crippen LogP contribution in [0.3, 0.4) is 0 Å². The molecule has 2 aromatic carbocycles. The van der Waals surface area contributed by atoms with Gasteiger partial charge in [-0.15, -0.1) is 0 Å². The van der Waals surface area contributed by atoms with Crippen molar-refractivity contribution in [3.63, 3.8) is 0 Å². The van der Waals surface area contributed by atoms with Crippen molar-refractivity contribution in [1.29, 1.82) is 0 Å². The highest BCUT2D eigenvalue weighted by Gasteiger charge is 2.22. The summed E-state index contributed by atoms with van der Waals surface area (Å²) < 4.78 is 5.20. The molecular formula is C22H26N2O3. The van der Waals surface area contributed by atoms with Gasteiger partial charge in [-0.3, -0.25) is 9.59 Å². The first-order chi connectivity index (χ1) is 13.0. The topological polar surface area (TPSA) is 49.9 Å². The Morgan fingerprint density at radius 2 is 1.63 bits per heavy atom. The molecule has 0 aromatic heterocycles. The van der Waals surface area contributed by atoms with Crippen molar-refractivity contribution >= 4 is 17.6 Å². The van der Waals surface area contributed by atoms with E-state index in [2.05, 4.69) is 17.0 Å². The summed E-state index contributed by atoms with van der Waals surface area (Å²) in [6.45, 7) is 6.72. The standard InChI is InChI=1S/C22H26N2O3/c1-17-8-9-19(14-18(17)2)15-22(26)27-16-21(25)24-12-10-23(11-13-24)20-6-4-3-5-7-20/h3-9,14H,10-13,15-16H2,1-2H3. The first-order valence-electron chi connectivity index (χ1n) is 9.32. The Morgan fingerprint density at radius 1 is 0.926 bits per heavy atom. The molecule has 0 bridgehead atoms. The number of piperazine rings is 1. The Labute approximate surface area is 160 Å². The zero-order valence-corrected chi connectivity index (χ0v) is 16.0. The average molecular weight is 366 g/mol. The van der Waals surface area contributed by atoms with Gasteiger partial charge in [0.15, 0.2) is 6.61 Å². The molecule has 0 unspecified atom stereocenters. The molecule has 1 aliphatic rings. The molecule has 1 saturated heterocycles. The van der Waals surface area contributed by atoms with Gasteiger partial charge >= 0.3 is 5.97 Å². The van der Waals surface area contributed by atoms with Crippen LogP contribution in [0.15, 0.2) is 48.5 Å². The fourth-order valence-electron chi connectivity index (χ4n) is 3.22. The summed E-state index contributed by atoms with van der Waals surface area (Å²) >= 11 is 0. The average Bonchev–Trinajstić information content (AvgIpc) is 2.70. The fourth-order valence-corrected chi connectivity index (χ4v) is 3.22. The first-order valence-corrected chi connectivity index (χ1v) is 9.32. The van der Waals surface area contributed by atoms with E-state index in [1.165, 1.54) is 11.3 Å². The lowest BCUT2D eigenvalue weighted by atomic mass is 10.0. The number of amides is 1. The molecule has 0 saturated carbocycles. The lowest BCUT2D eigenvalue weighted by molar-refractivity contribution is -0.151. The maximum absolute atomic E-state index is 12.3. The summed E-state index contributed by atoms with van der Waals surface area (Å²) in [7, 11) is 0. The third kappa shape index (κ3) is 5.09. The number of hydrogen-bond donors (Lipinski definition) is 0. The Kier molecular flexibility index (Phi) is 6.12. The molecule has 0 N–H and O–H groups in total. The van der Waals surface area contributed by atoms with Crippen molar-refractivity contribution in [2.24, 2.45) is 0 Å². The van der Waals surface area contributed by atoms with Gasteiger partial charge < -0.3 is 14.5 Å². The van der Waals surface area contributed by atoms with Crippen LogP contribution in [0.4, 0.5) is 5.69 Å². The van der Waals surface area contributed by atoms with Crippen LogP contribution in [0.2, 0.25) is 0 Å². The molecule has 0 spiro atoms. The highest BCUT2D eigenvalue weighted by molar-refractivity contribution is 5.81. The molecule has 1 aliphatic heterocycles. The Bertz CT molecular complexity index is 796. The van der Waals surface area contributed by atoms with E-state index in [4.69, 9.17) is 4.74 Å². The molecule has 2 aromatic rings. The molecule has 5 heteroatoms. The van der Waals surface area contributed by atoms with E-state index in [0.29, 0.717) is 13.1 Å². The number of para-hydroxylation sites is 1. The zero-order chi connectivity index (χ0) is 19.2. The van der Waals surface area contributed by atoms with Crippen LogP contribution in [0.25, 0.3) is 0 Å². The lowest BCUT2D eigenvalue weighted by Gasteiger charge is -2.36. The zero-order valence-electron chi connectivity index (χ0n) is 16.0. The van der Waals surface area contributed by atoms with Crippen molar-refractivity contribution in [2.75, 3.05) is 37.7 Å². The van der Waals surface area contributed by atoms with Crippen LogP contribution in [0, 0.1) is 13.8 Å². The van der Waals surface area contributed by atoms with Crippen molar-refractivity contribution in [1.82, 2.24) is 4.90 Å². The number of carbonyl (C=O) groups is 2. The maximum Gasteiger partial charge on any atom is 0.310 e. The van der Waals surface area contributed by atoms with Gasteiger partial charge in [-0.2, -0.15) is 0 Å². The minimum atomic E-state index is -0.366.